The second kappa shape index (κ2) is 7.32. The summed E-state index contributed by atoms with van der Waals surface area (Å²) in [5.74, 6) is 1.73. The molecule has 0 amide bonds. The third-order valence-electron chi connectivity index (χ3n) is 2.87. The van der Waals surface area contributed by atoms with Gasteiger partial charge < -0.3 is 4.74 Å². The lowest BCUT2D eigenvalue weighted by Crippen LogP contribution is -2.11. The fourth-order valence-corrected chi connectivity index (χ4v) is 2.05. The van der Waals surface area contributed by atoms with Gasteiger partial charge in [-0.15, -0.1) is 0 Å². The van der Waals surface area contributed by atoms with Gasteiger partial charge in [0, 0.05) is 0 Å². The van der Waals surface area contributed by atoms with Gasteiger partial charge in [-0.3, -0.25) is 0 Å². The van der Waals surface area contributed by atoms with Crippen molar-refractivity contribution in [2.75, 3.05) is 6.61 Å². The Morgan fingerprint density at radius 2 is 1.81 bits per heavy atom. The van der Waals surface area contributed by atoms with Gasteiger partial charge in [0.1, 0.15) is 5.75 Å². The van der Waals surface area contributed by atoms with Gasteiger partial charge in [-0.25, -0.2) is 0 Å². The molecule has 1 rings (SSSR count). The zero-order chi connectivity index (χ0) is 11.8. The fourth-order valence-electron chi connectivity index (χ4n) is 2.05. The second-order valence-corrected chi connectivity index (χ2v) is 4.57. The molecule has 0 aliphatic carbocycles. The Labute approximate surface area is 99.8 Å². The van der Waals surface area contributed by atoms with Crippen LogP contribution in [0.4, 0.5) is 0 Å². The molecule has 1 aromatic rings. The molecule has 0 aromatic heterocycles. The minimum absolute atomic E-state index is 0.718. The van der Waals surface area contributed by atoms with Crippen LogP contribution in [0.25, 0.3) is 0 Å². The third-order valence-corrected chi connectivity index (χ3v) is 2.87. The molecule has 0 atom stereocenters. The minimum Gasteiger partial charge on any atom is -0.493 e. The Morgan fingerprint density at radius 3 is 2.38 bits per heavy atom. The number of hydrogen-bond acceptors (Lipinski definition) is 1. The van der Waals surface area contributed by atoms with E-state index >= 15 is 0 Å². The molecule has 90 valence electrons. The van der Waals surface area contributed by atoms with Crippen LogP contribution in [0.5, 0.6) is 5.75 Å². The molecular weight excluding hydrogens is 196 g/mol. The van der Waals surface area contributed by atoms with E-state index in [2.05, 4.69) is 39.0 Å². The Hall–Kier alpha value is -0.980. The summed E-state index contributed by atoms with van der Waals surface area (Å²) in [7, 11) is 0. The van der Waals surface area contributed by atoms with E-state index in [-0.39, 0.29) is 0 Å². The quantitative estimate of drug-likeness (QED) is 0.653. The molecule has 1 heteroatoms. The van der Waals surface area contributed by atoms with Crippen molar-refractivity contribution in [3.63, 3.8) is 0 Å². The van der Waals surface area contributed by atoms with Gasteiger partial charge in [0.25, 0.3) is 0 Å². The van der Waals surface area contributed by atoms with E-state index in [1.807, 2.05) is 6.07 Å². The summed E-state index contributed by atoms with van der Waals surface area (Å²) in [6, 6.07) is 8.30. The highest BCUT2D eigenvalue weighted by molar-refractivity contribution is 5.27. The first kappa shape index (κ1) is 13.1. The van der Waals surface area contributed by atoms with Crippen LogP contribution in [0.1, 0.15) is 45.1 Å². The van der Waals surface area contributed by atoms with E-state index in [9.17, 15) is 0 Å². The van der Waals surface area contributed by atoms with Crippen LogP contribution in [0.3, 0.4) is 0 Å². The molecular formula is C15H24O. The van der Waals surface area contributed by atoms with Crippen molar-refractivity contribution in [3.8, 4) is 5.75 Å². The number of aryl methyl sites for hydroxylation is 1. The van der Waals surface area contributed by atoms with Gasteiger partial charge in [0.05, 0.1) is 6.61 Å². The molecule has 16 heavy (non-hydrogen) atoms. The van der Waals surface area contributed by atoms with E-state index in [1.165, 1.54) is 31.2 Å². The normalized spacial score (nSPS) is 10.8. The topological polar surface area (TPSA) is 9.23 Å². The van der Waals surface area contributed by atoms with Crippen molar-refractivity contribution in [1.82, 2.24) is 0 Å². The number of benzene rings is 1. The largest absolute Gasteiger partial charge is 0.493 e. The first-order valence-electron chi connectivity index (χ1n) is 6.45. The van der Waals surface area contributed by atoms with Gasteiger partial charge >= 0.3 is 0 Å². The molecule has 0 fully saturated rings. The van der Waals surface area contributed by atoms with Crippen molar-refractivity contribution in [3.05, 3.63) is 29.8 Å². The summed E-state index contributed by atoms with van der Waals surface area (Å²) in [5, 5.41) is 0. The molecule has 0 unspecified atom stereocenters. The smallest absolute Gasteiger partial charge is 0.119 e. The van der Waals surface area contributed by atoms with E-state index in [1.54, 1.807) is 0 Å². The summed E-state index contributed by atoms with van der Waals surface area (Å²) >= 11 is 0. The Morgan fingerprint density at radius 1 is 1.12 bits per heavy atom. The van der Waals surface area contributed by atoms with Gasteiger partial charge in [0.15, 0.2) is 0 Å². The average Bonchev–Trinajstić information content (AvgIpc) is 2.27. The van der Waals surface area contributed by atoms with E-state index < -0.39 is 0 Å². The first-order valence-corrected chi connectivity index (χ1v) is 6.45. The lowest BCUT2D eigenvalue weighted by molar-refractivity contribution is 0.229. The van der Waals surface area contributed by atoms with Crippen LogP contribution in [-0.2, 0) is 0 Å². The molecule has 0 radical (unpaired) electrons. The third kappa shape index (κ3) is 4.69. The zero-order valence-electron chi connectivity index (χ0n) is 10.8. The molecule has 1 aromatic carbocycles. The summed E-state index contributed by atoms with van der Waals surface area (Å²) < 4.78 is 5.85. The molecule has 0 bridgehead atoms. The Bertz CT molecular complexity index is 287. The van der Waals surface area contributed by atoms with Crippen LogP contribution in [0, 0.1) is 12.8 Å². The highest BCUT2D eigenvalue weighted by Gasteiger charge is 2.07. The first-order chi connectivity index (χ1) is 7.76. The van der Waals surface area contributed by atoms with Crippen LogP contribution in [0.2, 0.25) is 0 Å². The number of ether oxygens (including phenoxy) is 1. The predicted molar refractivity (Wildman–Crippen MR) is 70.0 cm³/mol. The van der Waals surface area contributed by atoms with E-state index in [0.717, 1.165) is 18.3 Å². The van der Waals surface area contributed by atoms with Crippen LogP contribution >= 0.6 is 0 Å². The minimum atomic E-state index is 0.718. The fraction of sp³-hybridized carbons (Fsp3) is 0.600. The maximum atomic E-state index is 5.85. The van der Waals surface area contributed by atoms with E-state index in [0.29, 0.717) is 0 Å². The number of hydrogen-bond donors (Lipinski definition) is 0. The SMILES string of the molecule is CCCC(CCC)COc1cccc(C)c1. The van der Waals surface area contributed by atoms with Crippen LogP contribution in [-0.4, -0.2) is 6.61 Å². The van der Waals surface area contributed by atoms with Crippen molar-refractivity contribution < 1.29 is 4.74 Å². The van der Waals surface area contributed by atoms with Gasteiger partial charge in [-0.2, -0.15) is 0 Å². The second-order valence-electron chi connectivity index (χ2n) is 4.57. The molecule has 1 nitrogen and oxygen atoms in total. The molecule has 0 heterocycles. The molecule has 0 saturated heterocycles. The standard InChI is InChI=1S/C15H24O/c1-4-7-14(8-5-2)12-16-15-10-6-9-13(3)11-15/h6,9-11,14H,4-5,7-8,12H2,1-3H3. The van der Waals surface area contributed by atoms with Gasteiger partial charge in [-0.05, 0) is 43.4 Å². The molecule has 0 saturated carbocycles. The van der Waals surface area contributed by atoms with Crippen molar-refractivity contribution in [1.29, 1.82) is 0 Å². The highest BCUT2D eigenvalue weighted by Crippen LogP contribution is 2.17. The molecule has 0 aliphatic heterocycles. The zero-order valence-corrected chi connectivity index (χ0v) is 10.8. The van der Waals surface area contributed by atoms with Gasteiger partial charge in [0.2, 0.25) is 0 Å². The maximum Gasteiger partial charge on any atom is 0.119 e. The number of rotatable bonds is 7. The van der Waals surface area contributed by atoms with Crippen LogP contribution < -0.4 is 4.74 Å². The lowest BCUT2D eigenvalue weighted by atomic mass is 9.99. The summed E-state index contributed by atoms with van der Waals surface area (Å²) in [6.45, 7) is 7.46. The predicted octanol–water partition coefficient (Wildman–Crippen LogP) is 4.59. The summed E-state index contributed by atoms with van der Waals surface area (Å²) in [5.41, 5.74) is 1.26. The molecule has 0 spiro atoms. The lowest BCUT2D eigenvalue weighted by Gasteiger charge is -2.16. The summed E-state index contributed by atoms with van der Waals surface area (Å²) in [6.07, 6.45) is 5.06. The van der Waals surface area contributed by atoms with E-state index in [4.69, 9.17) is 4.74 Å². The Balaban J connectivity index is 2.41. The highest BCUT2D eigenvalue weighted by atomic mass is 16.5. The summed E-state index contributed by atoms with van der Waals surface area (Å²) in [4.78, 5) is 0. The average molecular weight is 220 g/mol. The molecule has 0 N–H and O–H groups in total. The van der Waals surface area contributed by atoms with Crippen molar-refractivity contribution >= 4 is 0 Å². The van der Waals surface area contributed by atoms with Crippen molar-refractivity contribution in [2.45, 2.75) is 46.5 Å². The van der Waals surface area contributed by atoms with Gasteiger partial charge in [-0.1, -0.05) is 38.8 Å². The monoisotopic (exact) mass is 220 g/mol. The van der Waals surface area contributed by atoms with Crippen molar-refractivity contribution in [2.24, 2.45) is 5.92 Å². The van der Waals surface area contributed by atoms with Crippen LogP contribution in [0.15, 0.2) is 24.3 Å². The Kier molecular flexibility index (Phi) is 5.99. The maximum absolute atomic E-state index is 5.85. The molecule has 0 aliphatic rings.